The standard InChI is InChI=1S/C20H14F3N5O3S/c21-20(22,23)15-5-6-24-17(9-15)32(30,31)16-3-1-13(2-4-16)10-26-18(29)14-11-27-19-25-7-8-28(19)12-14/h1-9,11-12H,10H2,(H,26,29). The fourth-order valence-electron chi connectivity index (χ4n) is 2.86. The number of nitrogens with one attached hydrogen (secondary N) is 1. The number of imidazole rings is 1. The molecule has 4 rings (SSSR count). The van der Waals surface area contributed by atoms with Gasteiger partial charge in [0.25, 0.3) is 5.91 Å². The molecule has 1 N–H and O–H groups in total. The molecule has 0 unspecified atom stereocenters. The summed E-state index contributed by atoms with van der Waals surface area (Å²) in [5.41, 5.74) is -0.204. The predicted molar refractivity (Wildman–Crippen MR) is 105 cm³/mol. The Hall–Kier alpha value is -3.80. The number of alkyl halides is 3. The second-order valence-electron chi connectivity index (χ2n) is 6.69. The van der Waals surface area contributed by atoms with Crippen molar-refractivity contribution < 1.29 is 26.4 Å². The molecule has 8 nitrogen and oxygen atoms in total. The third-order valence-corrected chi connectivity index (χ3v) is 6.20. The lowest BCUT2D eigenvalue weighted by atomic mass is 10.2. The van der Waals surface area contributed by atoms with Crippen LogP contribution in [0.1, 0.15) is 21.5 Å². The van der Waals surface area contributed by atoms with Crippen molar-refractivity contribution in [3.63, 3.8) is 0 Å². The highest BCUT2D eigenvalue weighted by molar-refractivity contribution is 7.91. The first kappa shape index (κ1) is 21.4. The van der Waals surface area contributed by atoms with Crippen LogP contribution in [-0.2, 0) is 22.6 Å². The first-order chi connectivity index (χ1) is 15.1. The topological polar surface area (TPSA) is 106 Å². The Morgan fingerprint density at radius 1 is 1.03 bits per heavy atom. The minimum atomic E-state index is -4.69. The maximum atomic E-state index is 12.9. The number of fused-ring (bicyclic) bond motifs is 1. The second-order valence-corrected chi connectivity index (χ2v) is 8.58. The molecule has 0 saturated heterocycles. The van der Waals surface area contributed by atoms with Crippen molar-refractivity contribution in [3.05, 3.63) is 84.1 Å². The van der Waals surface area contributed by atoms with Gasteiger partial charge in [-0.1, -0.05) is 12.1 Å². The summed E-state index contributed by atoms with van der Waals surface area (Å²) in [5, 5.41) is 1.99. The molecule has 0 saturated carbocycles. The number of benzene rings is 1. The summed E-state index contributed by atoms with van der Waals surface area (Å²) >= 11 is 0. The third-order valence-electron chi connectivity index (χ3n) is 4.53. The van der Waals surface area contributed by atoms with Gasteiger partial charge in [-0.25, -0.2) is 23.4 Å². The lowest BCUT2D eigenvalue weighted by Crippen LogP contribution is -2.23. The molecule has 32 heavy (non-hydrogen) atoms. The van der Waals surface area contributed by atoms with Gasteiger partial charge in [0.2, 0.25) is 15.6 Å². The number of pyridine rings is 1. The zero-order valence-corrected chi connectivity index (χ0v) is 16.9. The third kappa shape index (κ3) is 4.30. The molecule has 1 amide bonds. The number of carbonyl (C=O) groups excluding carboxylic acids is 1. The first-order valence-corrected chi connectivity index (χ1v) is 10.6. The van der Waals surface area contributed by atoms with Crippen LogP contribution in [-0.4, -0.2) is 33.7 Å². The average Bonchev–Trinajstić information content (AvgIpc) is 3.25. The number of rotatable bonds is 5. The summed E-state index contributed by atoms with van der Waals surface area (Å²) < 4.78 is 65.5. The van der Waals surface area contributed by atoms with Crippen LogP contribution < -0.4 is 5.32 Å². The number of hydrogen-bond donors (Lipinski definition) is 1. The van der Waals surface area contributed by atoms with Gasteiger partial charge < -0.3 is 5.32 Å². The van der Waals surface area contributed by atoms with Gasteiger partial charge >= 0.3 is 6.18 Å². The van der Waals surface area contributed by atoms with Gasteiger partial charge in [-0.05, 0) is 29.8 Å². The van der Waals surface area contributed by atoms with Crippen molar-refractivity contribution >= 4 is 21.5 Å². The molecular weight excluding hydrogens is 447 g/mol. The molecule has 0 atom stereocenters. The van der Waals surface area contributed by atoms with Crippen molar-refractivity contribution in [2.75, 3.05) is 0 Å². The van der Waals surface area contributed by atoms with E-state index in [1.54, 1.807) is 23.0 Å². The van der Waals surface area contributed by atoms with Crippen molar-refractivity contribution in [1.29, 1.82) is 0 Å². The molecule has 1 aromatic carbocycles. The monoisotopic (exact) mass is 461 g/mol. The molecule has 4 aromatic rings. The summed E-state index contributed by atoms with van der Waals surface area (Å²) in [6.07, 6.45) is 2.27. The highest BCUT2D eigenvalue weighted by atomic mass is 32.2. The van der Waals surface area contributed by atoms with Crippen LogP contribution in [0.15, 0.2) is 77.3 Å². The van der Waals surface area contributed by atoms with E-state index in [1.165, 1.54) is 30.5 Å². The average molecular weight is 461 g/mol. The Bertz CT molecular complexity index is 1400. The van der Waals surface area contributed by atoms with Gasteiger partial charge in [0.05, 0.1) is 16.0 Å². The molecule has 0 aliphatic rings. The van der Waals surface area contributed by atoms with Crippen molar-refractivity contribution in [2.45, 2.75) is 22.6 Å². The quantitative estimate of drug-likeness (QED) is 0.490. The van der Waals surface area contributed by atoms with Crippen LogP contribution >= 0.6 is 0 Å². The normalized spacial score (nSPS) is 12.1. The van der Waals surface area contributed by atoms with E-state index in [0.29, 0.717) is 29.0 Å². The van der Waals surface area contributed by atoms with Crippen LogP contribution in [0.2, 0.25) is 0 Å². The number of amides is 1. The highest BCUT2D eigenvalue weighted by Crippen LogP contribution is 2.31. The number of hydrogen-bond acceptors (Lipinski definition) is 6. The van der Waals surface area contributed by atoms with Gasteiger partial charge in [-0.3, -0.25) is 9.20 Å². The molecule has 0 aliphatic heterocycles. The van der Waals surface area contributed by atoms with Crippen LogP contribution in [0.4, 0.5) is 13.2 Å². The molecule has 3 heterocycles. The largest absolute Gasteiger partial charge is 0.416 e. The molecular formula is C20H14F3N5O3S. The second kappa shape index (κ2) is 8.04. The summed E-state index contributed by atoms with van der Waals surface area (Å²) in [5.74, 6) is 0.0616. The molecule has 164 valence electrons. The molecule has 0 radical (unpaired) electrons. The molecule has 12 heteroatoms. The lowest BCUT2D eigenvalue weighted by molar-refractivity contribution is -0.137. The van der Waals surface area contributed by atoms with E-state index >= 15 is 0 Å². The Morgan fingerprint density at radius 3 is 2.50 bits per heavy atom. The van der Waals surface area contributed by atoms with Crippen LogP contribution in [0.3, 0.4) is 0 Å². The Labute approximate surface area is 179 Å². The zero-order chi connectivity index (χ0) is 22.9. The van der Waals surface area contributed by atoms with Gasteiger partial charge in [0.15, 0.2) is 5.03 Å². The number of aromatic nitrogens is 4. The fourth-order valence-corrected chi connectivity index (χ4v) is 4.08. The smallest absolute Gasteiger partial charge is 0.348 e. The van der Waals surface area contributed by atoms with Crippen LogP contribution in [0, 0.1) is 0 Å². The minimum absolute atomic E-state index is 0.100. The summed E-state index contributed by atoms with van der Waals surface area (Å²) in [6.45, 7) is 0.100. The number of sulfone groups is 1. The van der Waals surface area contributed by atoms with E-state index in [9.17, 15) is 26.4 Å². The Balaban J connectivity index is 1.47. The number of carbonyl (C=O) groups is 1. The van der Waals surface area contributed by atoms with E-state index in [1.807, 2.05) is 0 Å². The van der Waals surface area contributed by atoms with Gasteiger partial charge in [-0.15, -0.1) is 0 Å². The van der Waals surface area contributed by atoms with Crippen molar-refractivity contribution in [2.24, 2.45) is 0 Å². The minimum Gasteiger partial charge on any atom is -0.348 e. The van der Waals surface area contributed by atoms with E-state index in [0.717, 1.165) is 6.20 Å². The maximum Gasteiger partial charge on any atom is 0.416 e. The Morgan fingerprint density at radius 2 is 1.78 bits per heavy atom. The molecule has 0 aliphatic carbocycles. The molecule has 0 fully saturated rings. The van der Waals surface area contributed by atoms with Gasteiger partial charge in [0, 0.05) is 37.5 Å². The fraction of sp³-hybridized carbons (Fsp3) is 0.100. The van der Waals surface area contributed by atoms with Gasteiger partial charge in [-0.2, -0.15) is 13.2 Å². The van der Waals surface area contributed by atoms with Gasteiger partial charge in [0.1, 0.15) is 0 Å². The van der Waals surface area contributed by atoms with E-state index in [4.69, 9.17) is 0 Å². The lowest BCUT2D eigenvalue weighted by Gasteiger charge is -2.10. The number of halogens is 3. The van der Waals surface area contributed by atoms with Crippen LogP contribution in [0.25, 0.3) is 5.78 Å². The molecule has 3 aromatic heterocycles. The van der Waals surface area contributed by atoms with Crippen molar-refractivity contribution in [3.8, 4) is 0 Å². The first-order valence-electron chi connectivity index (χ1n) is 9.09. The van der Waals surface area contributed by atoms with E-state index in [-0.39, 0.29) is 11.4 Å². The summed E-state index contributed by atoms with van der Waals surface area (Å²) in [4.78, 5) is 23.7. The maximum absolute atomic E-state index is 12.9. The van der Waals surface area contributed by atoms with Crippen LogP contribution in [0.5, 0.6) is 0 Å². The van der Waals surface area contributed by atoms with Crippen molar-refractivity contribution in [1.82, 2.24) is 24.7 Å². The highest BCUT2D eigenvalue weighted by Gasteiger charge is 2.32. The van der Waals surface area contributed by atoms with E-state index in [2.05, 4.69) is 20.3 Å². The predicted octanol–water partition coefficient (Wildman–Crippen LogP) is 2.91. The summed E-state index contributed by atoms with van der Waals surface area (Å²) in [7, 11) is -4.24. The molecule has 0 bridgehead atoms. The zero-order valence-electron chi connectivity index (χ0n) is 16.1. The molecule has 0 spiro atoms. The summed E-state index contributed by atoms with van der Waals surface area (Å²) in [6, 6.07) is 6.60. The number of nitrogens with zero attached hydrogens (tertiary/aromatic N) is 4. The SMILES string of the molecule is O=C(NCc1ccc(S(=O)(=O)c2cc(C(F)(F)F)ccn2)cc1)c1cnc2nccn2c1. The Kier molecular flexibility index (Phi) is 5.38. The van der Waals surface area contributed by atoms with E-state index < -0.39 is 32.5 Å².